The molecule has 8 rings (SSSR count). The highest BCUT2D eigenvalue weighted by molar-refractivity contribution is 5.97. The molecule has 3 aromatic heterocycles. The molecule has 0 N–H and O–H groups in total. The number of amides is 1. The predicted molar refractivity (Wildman–Crippen MR) is 195 cm³/mol. The fourth-order valence-corrected chi connectivity index (χ4v) is 7.57. The molecule has 0 radical (unpaired) electrons. The minimum atomic E-state index is 0.0258. The molecule has 3 aliphatic rings. The predicted octanol–water partition coefficient (Wildman–Crippen LogP) is 3.97. The van der Waals surface area contributed by atoms with Gasteiger partial charge in [0, 0.05) is 63.5 Å². The Morgan fingerprint density at radius 1 is 0.843 bits per heavy atom. The third kappa shape index (κ3) is 6.77. The molecule has 0 bridgehead atoms. The lowest BCUT2D eigenvalue weighted by Gasteiger charge is -2.44. The van der Waals surface area contributed by atoms with Crippen LogP contribution in [0, 0.1) is 13.8 Å². The van der Waals surface area contributed by atoms with Gasteiger partial charge in [-0.2, -0.15) is 19.6 Å². The van der Waals surface area contributed by atoms with Crippen LogP contribution < -0.4 is 9.80 Å². The Labute approximate surface area is 298 Å². The number of imidazole rings is 1. The normalized spacial score (nSPS) is 20.4. The van der Waals surface area contributed by atoms with Crippen LogP contribution in [0.5, 0.6) is 0 Å². The molecular weight excluding hydrogens is 644 g/mol. The number of piperazine rings is 1. The summed E-state index contributed by atoms with van der Waals surface area (Å²) in [4.78, 5) is 41.8. The number of carbonyl (C=O) groups excluding carboxylic acids is 1. The van der Waals surface area contributed by atoms with E-state index in [4.69, 9.17) is 19.7 Å². The van der Waals surface area contributed by atoms with Gasteiger partial charge in [0.05, 0.1) is 41.8 Å². The molecule has 2 aromatic carbocycles. The summed E-state index contributed by atoms with van der Waals surface area (Å²) >= 11 is 0. The summed E-state index contributed by atoms with van der Waals surface area (Å²) in [5.41, 5.74) is 6.74. The molecule has 14 heteroatoms. The highest BCUT2D eigenvalue weighted by Crippen LogP contribution is 2.26. The monoisotopic (exact) mass is 690 g/mol. The smallest absolute Gasteiger partial charge is 0.258 e. The maximum absolute atomic E-state index is 13.8. The number of carbonyl (C=O) groups is 1. The van der Waals surface area contributed by atoms with Crippen LogP contribution >= 0.6 is 0 Å². The summed E-state index contributed by atoms with van der Waals surface area (Å²) in [6, 6.07) is 12.5. The van der Waals surface area contributed by atoms with Gasteiger partial charge in [-0.05, 0) is 82.3 Å². The summed E-state index contributed by atoms with van der Waals surface area (Å²) < 4.78 is 9.34. The van der Waals surface area contributed by atoms with Crippen molar-refractivity contribution in [3.05, 3.63) is 71.3 Å². The summed E-state index contributed by atoms with van der Waals surface area (Å²) in [6.45, 7) is 15.0. The van der Waals surface area contributed by atoms with Crippen LogP contribution in [-0.2, 0) is 11.3 Å². The van der Waals surface area contributed by atoms with Crippen molar-refractivity contribution in [1.29, 1.82) is 0 Å². The number of fused-ring (bicyclic) bond motifs is 1. The van der Waals surface area contributed by atoms with Crippen LogP contribution in [0.4, 0.5) is 11.9 Å². The first-order chi connectivity index (χ1) is 24.8. The Balaban J connectivity index is 0.962. The highest BCUT2D eigenvalue weighted by atomic mass is 16.5. The number of aryl methyl sites for hydroxylation is 2. The van der Waals surface area contributed by atoms with Crippen molar-refractivity contribution in [3.8, 4) is 11.6 Å². The minimum absolute atomic E-state index is 0.0258. The lowest BCUT2D eigenvalue weighted by atomic mass is 10.1. The average Bonchev–Trinajstić information content (AvgIpc) is 3.81. The lowest BCUT2D eigenvalue weighted by Crippen LogP contribution is -2.57. The second-order valence-corrected chi connectivity index (χ2v) is 14.2. The molecule has 3 aliphatic heterocycles. The number of anilines is 2. The van der Waals surface area contributed by atoms with E-state index in [0.29, 0.717) is 56.3 Å². The van der Waals surface area contributed by atoms with Gasteiger partial charge in [0.25, 0.3) is 11.9 Å². The van der Waals surface area contributed by atoms with Gasteiger partial charge in [0.15, 0.2) is 0 Å². The molecule has 0 unspecified atom stereocenters. The maximum atomic E-state index is 13.8. The number of rotatable bonds is 7. The number of morpholine rings is 1. The van der Waals surface area contributed by atoms with Crippen molar-refractivity contribution in [3.63, 3.8) is 0 Å². The zero-order chi connectivity index (χ0) is 35.1. The van der Waals surface area contributed by atoms with Crippen molar-refractivity contribution >= 4 is 28.8 Å². The van der Waals surface area contributed by atoms with Crippen LogP contribution in [0.3, 0.4) is 0 Å². The topological polar surface area (TPSA) is 126 Å². The van der Waals surface area contributed by atoms with E-state index in [0.717, 1.165) is 61.4 Å². The third-order valence-corrected chi connectivity index (χ3v) is 10.4. The van der Waals surface area contributed by atoms with Crippen LogP contribution in [0.25, 0.3) is 22.7 Å². The Bertz CT molecular complexity index is 1980. The zero-order valence-corrected chi connectivity index (χ0v) is 29.9. The first kappa shape index (κ1) is 33.2. The number of hydrogen-bond acceptors (Lipinski definition) is 11. The number of piperidine rings is 1. The summed E-state index contributed by atoms with van der Waals surface area (Å²) in [5.74, 6) is 1.84. The molecule has 0 spiro atoms. The molecule has 3 fully saturated rings. The number of ether oxygens (including phenoxy) is 1. The van der Waals surface area contributed by atoms with E-state index < -0.39 is 0 Å². The van der Waals surface area contributed by atoms with Gasteiger partial charge in [-0.3, -0.25) is 14.3 Å². The van der Waals surface area contributed by atoms with E-state index in [2.05, 4.69) is 80.5 Å². The molecule has 3 saturated heterocycles. The molecule has 266 valence electrons. The minimum Gasteiger partial charge on any atom is -0.378 e. The molecule has 6 heterocycles. The van der Waals surface area contributed by atoms with Gasteiger partial charge in [0.2, 0.25) is 11.9 Å². The van der Waals surface area contributed by atoms with Crippen molar-refractivity contribution in [2.75, 3.05) is 62.3 Å². The lowest BCUT2D eigenvalue weighted by molar-refractivity contribution is 0.0264. The number of nitrogens with zero attached hydrogens (tertiary/aromatic N) is 12. The fraction of sp³-hybridized carbons (Fsp3) is 0.486. The largest absolute Gasteiger partial charge is 0.378 e. The van der Waals surface area contributed by atoms with E-state index in [9.17, 15) is 4.79 Å². The number of aromatic nitrogens is 8. The van der Waals surface area contributed by atoms with Crippen LogP contribution in [0.1, 0.15) is 60.3 Å². The summed E-state index contributed by atoms with van der Waals surface area (Å²) in [7, 11) is 0. The van der Waals surface area contributed by atoms with Gasteiger partial charge < -0.3 is 19.4 Å². The van der Waals surface area contributed by atoms with Crippen LogP contribution in [-0.4, -0.2) is 120 Å². The maximum Gasteiger partial charge on any atom is 0.258 e. The molecule has 1 amide bonds. The van der Waals surface area contributed by atoms with E-state index in [-0.39, 0.29) is 18.0 Å². The SMILES string of the molecule is Cc1ccc(C)c(-n2cnc3cc(C(=O)N4C[C@@H](C)N(Cc5cn(-c6nc(N7CCCCC7)nc(N7CCOCC7)n6)nn5)[C@@H](C)C4)ccc32)c1. The molecule has 5 aromatic rings. The van der Waals surface area contributed by atoms with E-state index >= 15 is 0 Å². The first-order valence-electron chi connectivity index (χ1n) is 18.2. The molecule has 14 nitrogen and oxygen atoms in total. The molecule has 0 aliphatic carbocycles. The highest BCUT2D eigenvalue weighted by Gasteiger charge is 2.33. The number of hydrogen-bond donors (Lipinski definition) is 0. The zero-order valence-electron chi connectivity index (χ0n) is 29.9. The van der Waals surface area contributed by atoms with E-state index in [1.807, 2.05) is 35.6 Å². The fourth-order valence-electron chi connectivity index (χ4n) is 7.57. The van der Waals surface area contributed by atoms with Crippen molar-refractivity contribution in [2.45, 2.75) is 65.6 Å². The second-order valence-electron chi connectivity index (χ2n) is 14.2. The molecular formula is C37H46N12O2. The Hall–Kier alpha value is -4.95. The van der Waals surface area contributed by atoms with Crippen LogP contribution in [0.2, 0.25) is 0 Å². The first-order valence-corrected chi connectivity index (χ1v) is 18.2. The third-order valence-electron chi connectivity index (χ3n) is 10.4. The van der Waals surface area contributed by atoms with Crippen LogP contribution in [0.15, 0.2) is 48.9 Å². The van der Waals surface area contributed by atoms with Gasteiger partial charge in [0.1, 0.15) is 6.33 Å². The summed E-state index contributed by atoms with van der Waals surface area (Å²) in [5, 5.41) is 9.00. The Kier molecular flexibility index (Phi) is 9.11. The number of benzene rings is 2. The second kappa shape index (κ2) is 14.0. The van der Waals surface area contributed by atoms with Crippen molar-refractivity contribution < 1.29 is 9.53 Å². The molecule has 51 heavy (non-hydrogen) atoms. The Morgan fingerprint density at radius 2 is 1.55 bits per heavy atom. The van der Waals surface area contributed by atoms with Crippen molar-refractivity contribution in [1.82, 2.24) is 49.3 Å². The molecule has 0 saturated carbocycles. The average molecular weight is 691 g/mol. The van der Waals surface area contributed by atoms with Gasteiger partial charge >= 0.3 is 0 Å². The Morgan fingerprint density at radius 3 is 2.29 bits per heavy atom. The van der Waals surface area contributed by atoms with Gasteiger partial charge in [-0.25, -0.2) is 4.98 Å². The standard InChI is InChI=1S/C37H46N12O2/c1-25-8-9-26(2)33(18-25)48-24-38-31-19-29(10-11-32(31)48)34(50)46-20-27(3)47(28(4)21-46)22-30-23-49(43-42-30)37-40-35(44-12-6-5-7-13-44)39-36(41-37)45-14-16-51-17-15-45/h8-11,18-19,23-24,27-28H,5-7,12-17,20-22H2,1-4H3/t27-,28+. The van der Waals surface area contributed by atoms with Gasteiger partial charge in [-0.15, -0.1) is 5.10 Å². The van der Waals surface area contributed by atoms with Crippen molar-refractivity contribution in [2.24, 2.45) is 0 Å². The van der Waals surface area contributed by atoms with Gasteiger partial charge in [-0.1, -0.05) is 17.3 Å². The molecule has 2 atom stereocenters. The van der Waals surface area contributed by atoms with E-state index in [1.165, 1.54) is 17.5 Å². The summed E-state index contributed by atoms with van der Waals surface area (Å²) in [6.07, 6.45) is 7.25. The van der Waals surface area contributed by atoms with E-state index in [1.54, 1.807) is 4.68 Å². The quantitative estimate of drug-likeness (QED) is 0.246.